The van der Waals surface area contributed by atoms with Gasteiger partial charge in [0.15, 0.2) is 0 Å². The molecule has 0 radical (unpaired) electrons. The van der Waals surface area contributed by atoms with Crippen molar-refractivity contribution in [2.75, 3.05) is 19.6 Å². The highest BCUT2D eigenvalue weighted by Crippen LogP contribution is 2.00. The molecule has 0 spiro atoms. The van der Waals surface area contributed by atoms with Gasteiger partial charge in [0.2, 0.25) is 5.91 Å². The van der Waals surface area contributed by atoms with Crippen LogP contribution in [0.1, 0.15) is 6.92 Å². The summed E-state index contributed by atoms with van der Waals surface area (Å²) in [5, 5.41) is 5.77. The third-order valence-electron chi connectivity index (χ3n) is 1.68. The first kappa shape index (κ1) is 8.09. The van der Waals surface area contributed by atoms with E-state index in [1.165, 1.54) is 0 Å². The summed E-state index contributed by atoms with van der Waals surface area (Å²) in [4.78, 5) is 11.1. The van der Waals surface area contributed by atoms with Crippen molar-refractivity contribution < 1.29 is 4.79 Å². The molecule has 0 aromatic heterocycles. The minimum Gasteiger partial charge on any atom is -0.345 e. The van der Waals surface area contributed by atoms with E-state index in [-0.39, 0.29) is 11.8 Å². The summed E-state index contributed by atoms with van der Waals surface area (Å²) in [7, 11) is 0. The maximum atomic E-state index is 11.1. The first-order valence-corrected chi connectivity index (χ1v) is 3.72. The number of rotatable bonds is 2. The van der Waals surface area contributed by atoms with Crippen LogP contribution in [0.5, 0.6) is 0 Å². The molecule has 1 fully saturated rings. The van der Waals surface area contributed by atoms with Gasteiger partial charge >= 0.3 is 0 Å². The molecule has 1 saturated heterocycles. The predicted octanol–water partition coefficient (Wildman–Crippen LogP) is -0.655. The van der Waals surface area contributed by atoms with Crippen molar-refractivity contribution in [3.8, 4) is 11.8 Å². The van der Waals surface area contributed by atoms with Gasteiger partial charge in [-0.05, 0) is 6.92 Å². The minimum atomic E-state index is 0.117. The highest BCUT2D eigenvalue weighted by atomic mass is 16.2. The molecular weight excluding hydrogens is 140 g/mol. The van der Waals surface area contributed by atoms with Crippen LogP contribution < -0.4 is 10.6 Å². The molecule has 3 heteroatoms. The molecule has 1 rings (SSSR count). The largest absolute Gasteiger partial charge is 0.345 e. The predicted molar refractivity (Wildman–Crippen MR) is 42.8 cm³/mol. The highest BCUT2D eigenvalue weighted by molar-refractivity contribution is 5.80. The lowest BCUT2D eigenvalue weighted by molar-refractivity contribution is -0.126. The van der Waals surface area contributed by atoms with Gasteiger partial charge in [-0.25, -0.2) is 0 Å². The molecule has 0 aromatic carbocycles. The monoisotopic (exact) mass is 152 g/mol. The average Bonchev–Trinajstić information content (AvgIpc) is 1.84. The second-order valence-electron chi connectivity index (χ2n) is 2.50. The van der Waals surface area contributed by atoms with Crippen molar-refractivity contribution in [3.63, 3.8) is 0 Å². The van der Waals surface area contributed by atoms with Crippen molar-refractivity contribution in [3.05, 3.63) is 0 Å². The van der Waals surface area contributed by atoms with Gasteiger partial charge < -0.3 is 10.6 Å². The quantitative estimate of drug-likeness (QED) is 0.516. The molecule has 1 aliphatic rings. The SMILES string of the molecule is CC#CCNC(=O)C1CNC1. The third kappa shape index (κ3) is 2.24. The van der Waals surface area contributed by atoms with E-state index >= 15 is 0 Å². The molecule has 0 bridgehead atoms. The van der Waals surface area contributed by atoms with Crippen molar-refractivity contribution in [1.29, 1.82) is 0 Å². The molecule has 0 saturated carbocycles. The van der Waals surface area contributed by atoms with E-state index < -0.39 is 0 Å². The Morgan fingerprint density at radius 2 is 2.45 bits per heavy atom. The topological polar surface area (TPSA) is 41.1 Å². The van der Waals surface area contributed by atoms with E-state index in [1.54, 1.807) is 6.92 Å². The van der Waals surface area contributed by atoms with Gasteiger partial charge in [0.05, 0.1) is 12.5 Å². The van der Waals surface area contributed by atoms with Crippen molar-refractivity contribution in [2.24, 2.45) is 5.92 Å². The van der Waals surface area contributed by atoms with E-state index in [0.717, 1.165) is 13.1 Å². The lowest BCUT2D eigenvalue weighted by Crippen LogP contribution is -2.50. The van der Waals surface area contributed by atoms with Gasteiger partial charge in [0.25, 0.3) is 0 Å². The van der Waals surface area contributed by atoms with Crippen molar-refractivity contribution in [1.82, 2.24) is 10.6 Å². The van der Waals surface area contributed by atoms with Gasteiger partial charge in [-0.1, -0.05) is 5.92 Å². The number of nitrogens with one attached hydrogen (secondary N) is 2. The molecule has 2 N–H and O–H groups in total. The first-order valence-electron chi connectivity index (χ1n) is 3.72. The molecule has 0 aromatic rings. The van der Waals surface area contributed by atoms with Crippen LogP contribution in [0.25, 0.3) is 0 Å². The summed E-state index contributed by atoms with van der Waals surface area (Å²) in [6, 6.07) is 0. The smallest absolute Gasteiger partial charge is 0.226 e. The van der Waals surface area contributed by atoms with Crippen molar-refractivity contribution in [2.45, 2.75) is 6.92 Å². The summed E-state index contributed by atoms with van der Waals surface area (Å²) < 4.78 is 0. The Labute approximate surface area is 66.5 Å². The molecular formula is C8H12N2O. The normalized spacial score (nSPS) is 16.1. The second kappa shape index (κ2) is 3.99. The van der Waals surface area contributed by atoms with Crippen LogP contribution >= 0.6 is 0 Å². The zero-order valence-corrected chi connectivity index (χ0v) is 6.61. The van der Waals surface area contributed by atoms with Crippen LogP contribution in [-0.2, 0) is 4.79 Å². The fourth-order valence-electron chi connectivity index (χ4n) is 0.838. The van der Waals surface area contributed by atoms with E-state index in [1.807, 2.05) is 0 Å². The summed E-state index contributed by atoms with van der Waals surface area (Å²) >= 11 is 0. The standard InChI is InChI=1S/C8H12N2O/c1-2-3-4-10-8(11)7-5-9-6-7/h7,9H,4-6H2,1H3,(H,10,11). The summed E-state index contributed by atoms with van der Waals surface area (Å²) in [5.74, 6) is 5.79. The van der Waals surface area contributed by atoms with Crippen LogP contribution in [0, 0.1) is 17.8 Å². The Bertz CT molecular complexity index is 198. The average molecular weight is 152 g/mol. The summed E-state index contributed by atoms with van der Waals surface area (Å²) in [6.07, 6.45) is 0. The molecule has 1 amide bonds. The lowest BCUT2D eigenvalue weighted by atomic mass is 10.0. The zero-order chi connectivity index (χ0) is 8.10. The fraction of sp³-hybridized carbons (Fsp3) is 0.625. The van der Waals surface area contributed by atoms with Crippen molar-refractivity contribution >= 4 is 5.91 Å². The molecule has 0 unspecified atom stereocenters. The van der Waals surface area contributed by atoms with Gasteiger partial charge in [-0.15, -0.1) is 5.92 Å². The molecule has 60 valence electrons. The first-order chi connectivity index (χ1) is 5.34. The van der Waals surface area contributed by atoms with Crippen LogP contribution in [0.2, 0.25) is 0 Å². The minimum absolute atomic E-state index is 0.117. The Kier molecular flexibility index (Phi) is 2.94. The third-order valence-corrected chi connectivity index (χ3v) is 1.68. The number of hydrogen-bond donors (Lipinski definition) is 2. The maximum absolute atomic E-state index is 11.1. The Hall–Kier alpha value is -1.01. The second-order valence-corrected chi connectivity index (χ2v) is 2.50. The summed E-state index contributed by atoms with van der Waals surface area (Å²) in [5.41, 5.74) is 0. The lowest BCUT2D eigenvalue weighted by Gasteiger charge is -2.25. The maximum Gasteiger partial charge on any atom is 0.226 e. The molecule has 1 aliphatic heterocycles. The van der Waals surface area contributed by atoms with Gasteiger partial charge in [0, 0.05) is 13.1 Å². The van der Waals surface area contributed by atoms with E-state index in [4.69, 9.17) is 0 Å². The van der Waals surface area contributed by atoms with Gasteiger partial charge in [0.1, 0.15) is 0 Å². The molecule has 0 atom stereocenters. The van der Waals surface area contributed by atoms with Gasteiger partial charge in [-0.2, -0.15) is 0 Å². The number of carbonyl (C=O) groups is 1. The van der Waals surface area contributed by atoms with E-state index in [0.29, 0.717) is 6.54 Å². The van der Waals surface area contributed by atoms with E-state index in [9.17, 15) is 4.79 Å². The Morgan fingerprint density at radius 3 is 2.91 bits per heavy atom. The summed E-state index contributed by atoms with van der Waals surface area (Å²) in [6.45, 7) is 3.86. The number of amides is 1. The fourth-order valence-corrected chi connectivity index (χ4v) is 0.838. The molecule has 11 heavy (non-hydrogen) atoms. The Balaban J connectivity index is 2.13. The molecule has 3 nitrogen and oxygen atoms in total. The molecule has 1 heterocycles. The van der Waals surface area contributed by atoms with Crippen LogP contribution in [0.3, 0.4) is 0 Å². The number of hydrogen-bond acceptors (Lipinski definition) is 2. The zero-order valence-electron chi connectivity index (χ0n) is 6.61. The highest BCUT2D eigenvalue weighted by Gasteiger charge is 2.23. The molecule has 0 aliphatic carbocycles. The van der Waals surface area contributed by atoms with Gasteiger partial charge in [-0.3, -0.25) is 4.79 Å². The van der Waals surface area contributed by atoms with Crippen LogP contribution in [0.4, 0.5) is 0 Å². The number of carbonyl (C=O) groups excluding carboxylic acids is 1. The Morgan fingerprint density at radius 1 is 1.73 bits per heavy atom. The van der Waals surface area contributed by atoms with Crippen LogP contribution in [0.15, 0.2) is 0 Å². The van der Waals surface area contributed by atoms with E-state index in [2.05, 4.69) is 22.5 Å². The van der Waals surface area contributed by atoms with Crippen LogP contribution in [-0.4, -0.2) is 25.5 Å².